The molecule has 1 saturated carbocycles. The SMILES string of the molecule is COc1cccc(CN(C(=O)C2=C(c3cnc(OCCOc4c(F)ccc(F)c4Cl)s3)CC3CN(C(=O)OC(C)(C)C)C[C@H]2N3C(=O)OC(C)(C)C)C2CC2)c1C. The van der Waals surface area contributed by atoms with E-state index in [9.17, 15) is 18.4 Å². The molecule has 2 fully saturated rings. The van der Waals surface area contributed by atoms with E-state index in [0.29, 0.717) is 28.3 Å². The Morgan fingerprint density at radius 1 is 0.947 bits per heavy atom. The smallest absolute Gasteiger partial charge is 0.411 e. The lowest BCUT2D eigenvalue weighted by Gasteiger charge is -2.51. The topological polar surface area (TPSA) is 120 Å². The van der Waals surface area contributed by atoms with Gasteiger partial charge in [0.25, 0.3) is 11.1 Å². The van der Waals surface area contributed by atoms with Gasteiger partial charge >= 0.3 is 12.2 Å². The predicted molar refractivity (Wildman–Crippen MR) is 211 cm³/mol. The molecule has 2 aliphatic heterocycles. The summed E-state index contributed by atoms with van der Waals surface area (Å²) in [6, 6.07) is 6.08. The summed E-state index contributed by atoms with van der Waals surface area (Å²) in [5.41, 5.74) is 1.28. The lowest BCUT2D eigenvalue weighted by molar-refractivity contribution is -0.129. The molecule has 308 valence electrons. The zero-order chi connectivity index (χ0) is 41.4. The molecule has 16 heteroatoms. The lowest BCUT2D eigenvalue weighted by atomic mass is 9.83. The van der Waals surface area contributed by atoms with E-state index in [4.69, 9.17) is 35.3 Å². The Labute approximate surface area is 340 Å². The van der Waals surface area contributed by atoms with Crippen molar-refractivity contribution in [2.75, 3.05) is 33.4 Å². The minimum Gasteiger partial charge on any atom is -0.496 e. The Kier molecular flexibility index (Phi) is 12.3. The van der Waals surface area contributed by atoms with Gasteiger partial charge in [0.1, 0.15) is 41.0 Å². The van der Waals surface area contributed by atoms with Crippen LogP contribution in [-0.4, -0.2) is 101 Å². The van der Waals surface area contributed by atoms with Gasteiger partial charge in [-0.2, -0.15) is 0 Å². The van der Waals surface area contributed by atoms with Gasteiger partial charge < -0.3 is 33.5 Å². The number of fused-ring (bicyclic) bond motifs is 2. The van der Waals surface area contributed by atoms with E-state index in [1.165, 1.54) is 11.3 Å². The third-order valence-electron chi connectivity index (χ3n) is 9.68. The third kappa shape index (κ3) is 9.74. The summed E-state index contributed by atoms with van der Waals surface area (Å²) in [5.74, 6) is -1.60. The normalized spacial score (nSPS) is 18.3. The number of nitrogens with zero attached hydrogens (tertiary/aromatic N) is 4. The first-order valence-corrected chi connectivity index (χ1v) is 20.1. The third-order valence-corrected chi connectivity index (χ3v) is 11.0. The van der Waals surface area contributed by atoms with Crippen LogP contribution in [0.3, 0.4) is 0 Å². The molecule has 3 aromatic rings. The number of hydrogen-bond acceptors (Lipinski definition) is 10. The first-order chi connectivity index (χ1) is 26.8. The standard InChI is InChI=1S/C41H49ClF2N4O8S/c1-23-24(10-9-11-31(23)52-8)20-47(25-12-13-25)36(49)33-27(32-19-45-37(57-32)54-17-16-53-35-29(44)15-14-28(43)34(35)42)18-26-21-46(38(50)55-40(2,3)4)22-30(33)48(26)39(51)56-41(5,6)7/h9-11,14-15,19,25-26,30H,12-13,16-18,20-22H2,1-8H3/t26?,30-/m1/s1. The van der Waals surface area contributed by atoms with Crippen LogP contribution >= 0.6 is 22.9 Å². The maximum absolute atomic E-state index is 15.3. The van der Waals surface area contributed by atoms with Crippen LogP contribution in [0.15, 0.2) is 42.1 Å². The van der Waals surface area contributed by atoms with E-state index in [1.807, 2.05) is 30.0 Å². The van der Waals surface area contributed by atoms with Gasteiger partial charge in [0.2, 0.25) is 0 Å². The van der Waals surface area contributed by atoms with Gasteiger partial charge in [0.05, 0.1) is 24.1 Å². The van der Waals surface area contributed by atoms with E-state index < -0.39 is 57.9 Å². The molecule has 3 aliphatic rings. The highest BCUT2D eigenvalue weighted by molar-refractivity contribution is 7.14. The van der Waals surface area contributed by atoms with Crippen molar-refractivity contribution in [2.24, 2.45) is 0 Å². The second-order valence-corrected chi connectivity index (χ2v) is 17.7. The zero-order valence-electron chi connectivity index (χ0n) is 33.4. The van der Waals surface area contributed by atoms with Gasteiger partial charge in [0, 0.05) is 37.4 Å². The molecular formula is C41H49ClF2N4O8S. The number of benzene rings is 2. The van der Waals surface area contributed by atoms with E-state index >= 15 is 4.79 Å². The maximum atomic E-state index is 15.3. The molecule has 6 rings (SSSR count). The molecule has 1 aromatic heterocycles. The van der Waals surface area contributed by atoms with Crippen molar-refractivity contribution in [3.63, 3.8) is 0 Å². The first kappa shape index (κ1) is 42.0. The van der Waals surface area contributed by atoms with Gasteiger partial charge in [-0.3, -0.25) is 9.69 Å². The van der Waals surface area contributed by atoms with Crippen LogP contribution in [0.5, 0.6) is 16.7 Å². The first-order valence-electron chi connectivity index (χ1n) is 18.9. The zero-order valence-corrected chi connectivity index (χ0v) is 35.0. The van der Waals surface area contributed by atoms with Crippen molar-refractivity contribution in [1.29, 1.82) is 0 Å². The molecule has 12 nitrogen and oxygen atoms in total. The molecule has 2 bridgehead atoms. The number of carbonyl (C=O) groups excluding carboxylic acids is 3. The molecule has 0 N–H and O–H groups in total. The van der Waals surface area contributed by atoms with E-state index in [1.54, 1.807) is 64.6 Å². The minimum atomic E-state index is -0.888. The summed E-state index contributed by atoms with van der Waals surface area (Å²) < 4.78 is 56.7. The van der Waals surface area contributed by atoms with Gasteiger partial charge in [-0.05, 0) is 103 Å². The maximum Gasteiger partial charge on any atom is 0.411 e. The van der Waals surface area contributed by atoms with Crippen LogP contribution in [0.2, 0.25) is 5.02 Å². The fourth-order valence-electron chi connectivity index (χ4n) is 7.00. The van der Waals surface area contributed by atoms with E-state index in [2.05, 4.69) is 4.98 Å². The summed E-state index contributed by atoms with van der Waals surface area (Å²) in [6.45, 7) is 12.9. The molecule has 0 spiro atoms. The molecule has 1 unspecified atom stereocenters. The number of carbonyl (C=O) groups is 3. The van der Waals surface area contributed by atoms with Gasteiger partial charge in [-0.1, -0.05) is 35.1 Å². The van der Waals surface area contributed by atoms with Gasteiger partial charge in [-0.15, -0.1) is 0 Å². The molecule has 3 amide bonds. The highest BCUT2D eigenvalue weighted by Crippen LogP contribution is 2.44. The number of amides is 3. The number of aromatic nitrogens is 1. The Morgan fingerprint density at radius 3 is 2.28 bits per heavy atom. The van der Waals surface area contributed by atoms with Crippen LogP contribution in [0.1, 0.15) is 76.8 Å². The van der Waals surface area contributed by atoms with Crippen molar-refractivity contribution in [1.82, 2.24) is 19.7 Å². The van der Waals surface area contributed by atoms with E-state index in [0.717, 1.165) is 36.1 Å². The molecule has 0 radical (unpaired) electrons. The second-order valence-electron chi connectivity index (χ2n) is 16.3. The number of piperazine rings is 1. The van der Waals surface area contributed by atoms with Crippen molar-refractivity contribution in [3.8, 4) is 16.7 Å². The lowest BCUT2D eigenvalue weighted by Crippen LogP contribution is -2.66. The average molecular weight is 831 g/mol. The van der Waals surface area contributed by atoms with Gasteiger partial charge in [0.15, 0.2) is 11.6 Å². The Hall–Kier alpha value is -4.63. The number of halogens is 3. The minimum absolute atomic E-state index is 0.00930. The average Bonchev–Trinajstić information content (AvgIpc) is 3.86. The van der Waals surface area contributed by atoms with Crippen LogP contribution in [-0.2, 0) is 20.8 Å². The summed E-state index contributed by atoms with van der Waals surface area (Å²) in [6.07, 6.45) is 2.32. The highest BCUT2D eigenvalue weighted by atomic mass is 35.5. The van der Waals surface area contributed by atoms with E-state index in [-0.39, 0.29) is 49.9 Å². The number of methoxy groups -OCH3 is 1. The largest absolute Gasteiger partial charge is 0.496 e. The van der Waals surface area contributed by atoms with Crippen LogP contribution in [0, 0.1) is 18.6 Å². The van der Waals surface area contributed by atoms with Crippen LogP contribution < -0.4 is 14.2 Å². The second kappa shape index (κ2) is 16.7. The fraction of sp³-hybridized carbons (Fsp3) is 0.512. The Balaban J connectivity index is 1.38. The molecule has 57 heavy (non-hydrogen) atoms. The number of rotatable bonds is 11. The quantitative estimate of drug-likeness (QED) is 0.139. The highest BCUT2D eigenvalue weighted by Gasteiger charge is 2.51. The van der Waals surface area contributed by atoms with Crippen molar-refractivity contribution >= 4 is 46.6 Å². The van der Waals surface area contributed by atoms with Crippen molar-refractivity contribution in [3.05, 3.63) is 74.8 Å². The van der Waals surface area contributed by atoms with Crippen molar-refractivity contribution < 1.29 is 46.8 Å². The molecule has 3 heterocycles. The summed E-state index contributed by atoms with van der Waals surface area (Å²) in [4.78, 5) is 53.2. The number of thiazole rings is 1. The van der Waals surface area contributed by atoms with Crippen LogP contribution in [0.4, 0.5) is 18.4 Å². The molecule has 2 aromatic carbocycles. The Bertz CT molecular complexity index is 2040. The number of hydrogen-bond donors (Lipinski definition) is 0. The summed E-state index contributed by atoms with van der Waals surface area (Å²) >= 11 is 7.10. The summed E-state index contributed by atoms with van der Waals surface area (Å²) in [5, 5.41) is -0.217. The van der Waals surface area contributed by atoms with Crippen molar-refractivity contribution in [2.45, 2.75) is 104 Å². The summed E-state index contributed by atoms with van der Waals surface area (Å²) in [7, 11) is 1.61. The number of ether oxygens (including phenoxy) is 5. The molecular weight excluding hydrogens is 782 g/mol. The molecule has 2 atom stereocenters. The molecule has 1 aliphatic carbocycles. The van der Waals surface area contributed by atoms with Crippen LogP contribution in [0.25, 0.3) is 5.57 Å². The predicted octanol–water partition coefficient (Wildman–Crippen LogP) is 8.42. The monoisotopic (exact) mass is 830 g/mol. The van der Waals surface area contributed by atoms with Gasteiger partial charge in [-0.25, -0.2) is 23.4 Å². The fourth-order valence-corrected chi connectivity index (χ4v) is 8.07. The Morgan fingerprint density at radius 2 is 1.61 bits per heavy atom. The molecule has 1 saturated heterocycles.